The number of fused-ring (bicyclic) bond motifs is 3. The lowest BCUT2D eigenvalue weighted by molar-refractivity contribution is 0.0787. The van der Waals surface area contributed by atoms with E-state index in [9.17, 15) is 5.11 Å². The van der Waals surface area contributed by atoms with E-state index in [1.807, 2.05) is 50.2 Å². The van der Waals surface area contributed by atoms with Crippen LogP contribution in [0.3, 0.4) is 0 Å². The molecule has 0 aliphatic rings. The van der Waals surface area contributed by atoms with Crippen LogP contribution in [0.4, 0.5) is 0 Å². The summed E-state index contributed by atoms with van der Waals surface area (Å²) in [7, 11) is -2.00. The molecule has 4 rings (SSSR count). The smallest absolute Gasteiger partial charge is 0.142 e. The number of aliphatic hydroxyl groups is 1. The zero-order valence-corrected chi connectivity index (χ0v) is 22.5. The maximum absolute atomic E-state index is 11.5. The van der Waals surface area contributed by atoms with Gasteiger partial charge in [-0.05, 0) is 63.6 Å². The minimum Gasteiger partial charge on any atom is -0.488 e. The van der Waals surface area contributed by atoms with Crippen LogP contribution in [0.2, 0.25) is 24.7 Å². The maximum atomic E-state index is 11.5. The van der Waals surface area contributed by atoms with Crippen molar-refractivity contribution in [2.45, 2.75) is 65.5 Å². The first-order valence-electron chi connectivity index (χ1n) is 11.4. The first kappa shape index (κ1) is 23.9. The average molecular weight is 481 g/mol. The minimum atomic E-state index is -2.00. The summed E-state index contributed by atoms with van der Waals surface area (Å²) in [6.07, 6.45) is 0. The van der Waals surface area contributed by atoms with Crippen molar-refractivity contribution >= 4 is 46.8 Å². The second-order valence-electron chi connectivity index (χ2n) is 11.3. The standard InChI is InChI=1S/C28H33ClO3Si/c1-27(2,3)32-25-21(17-12-10-9-11-13-17)23(28(4,5)30)24-22(26(25)33(6,7)8)19-16-18(29)14-15-20(19)31-24/h9-16,30H,1-8H3. The SMILES string of the molecule is CC(C)(C)Oc1c(-c2ccccc2)c(C(C)(C)O)c2oc3ccc(Cl)cc3c2c1[Si](C)(C)C. The molecule has 5 heteroatoms. The second kappa shape index (κ2) is 7.90. The van der Waals surface area contributed by atoms with Gasteiger partial charge in [0.25, 0.3) is 0 Å². The van der Waals surface area contributed by atoms with Crippen molar-refractivity contribution in [3.05, 3.63) is 59.1 Å². The molecule has 0 spiro atoms. The van der Waals surface area contributed by atoms with Crippen molar-refractivity contribution in [2.75, 3.05) is 0 Å². The average Bonchev–Trinajstić information content (AvgIpc) is 3.02. The molecule has 0 atom stereocenters. The summed E-state index contributed by atoms with van der Waals surface area (Å²) in [5.41, 5.74) is 2.48. The minimum absolute atomic E-state index is 0.431. The number of furan rings is 1. The number of hydrogen-bond acceptors (Lipinski definition) is 3. The third-order valence-electron chi connectivity index (χ3n) is 5.66. The van der Waals surface area contributed by atoms with E-state index < -0.39 is 19.3 Å². The Labute approximate surface area is 202 Å². The van der Waals surface area contributed by atoms with Crippen LogP contribution in [0.25, 0.3) is 33.1 Å². The zero-order chi connectivity index (χ0) is 24.3. The van der Waals surface area contributed by atoms with Gasteiger partial charge < -0.3 is 14.3 Å². The normalized spacial score (nSPS) is 13.2. The predicted octanol–water partition coefficient (Wildman–Crippen LogP) is 7.86. The van der Waals surface area contributed by atoms with Gasteiger partial charge in [-0.15, -0.1) is 0 Å². The van der Waals surface area contributed by atoms with E-state index in [-0.39, 0.29) is 0 Å². The van der Waals surface area contributed by atoms with Crippen molar-refractivity contribution < 1.29 is 14.3 Å². The highest BCUT2D eigenvalue weighted by molar-refractivity contribution is 6.91. The first-order valence-corrected chi connectivity index (χ1v) is 15.3. The van der Waals surface area contributed by atoms with E-state index in [0.717, 1.165) is 38.8 Å². The van der Waals surface area contributed by atoms with E-state index in [0.29, 0.717) is 10.6 Å². The van der Waals surface area contributed by atoms with Crippen molar-refractivity contribution in [3.63, 3.8) is 0 Å². The van der Waals surface area contributed by atoms with Gasteiger partial charge in [-0.3, -0.25) is 0 Å². The lowest BCUT2D eigenvalue weighted by atomic mass is 9.86. The van der Waals surface area contributed by atoms with Gasteiger partial charge in [0.05, 0.1) is 13.7 Å². The van der Waals surface area contributed by atoms with Crippen molar-refractivity contribution in [1.29, 1.82) is 0 Å². The summed E-state index contributed by atoms with van der Waals surface area (Å²) < 4.78 is 13.3. The Bertz CT molecular complexity index is 1330. The molecule has 0 radical (unpaired) electrons. The number of rotatable bonds is 4. The van der Waals surface area contributed by atoms with Gasteiger partial charge in [0, 0.05) is 26.9 Å². The molecular formula is C28H33ClO3Si. The Kier molecular flexibility index (Phi) is 5.71. The van der Waals surface area contributed by atoms with E-state index in [1.54, 1.807) is 0 Å². The van der Waals surface area contributed by atoms with Crippen LogP contribution in [0.5, 0.6) is 5.75 Å². The highest BCUT2D eigenvalue weighted by Gasteiger charge is 2.37. The molecule has 3 aromatic carbocycles. The fourth-order valence-electron chi connectivity index (χ4n) is 4.55. The molecule has 33 heavy (non-hydrogen) atoms. The first-order chi connectivity index (χ1) is 15.2. The fourth-order valence-corrected chi connectivity index (χ4v) is 6.58. The third-order valence-corrected chi connectivity index (χ3v) is 7.88. The molecule has 0 saturated heterocycles. The van der Waals surface area contributed by atoms with Gasteiger partial charge in [-0.25, -0.2) is 0 Å². The van der Waals surface area contributed by atoms with Crippen molar-refractivity contribution in [3.8, 4) is 16.9 Å². The number of ether oxygens (including phenoxy) is 1. The quantitative estimate of drug-likeness (QED) is 0.302. The van der Waals surface area contributed by atoms with Gasteiger partial charge in [0.2, 0.25) is 0 Å². The van der Waals surface area contributed by atoms with Gasteiger partial charge >= 0.3 is 0 Å². The second-order valence-corrected chi connectivity index (χ2v) is 16.7. The number of hydrogen-bond donors (Lipinski definition) is 1. The molecule has 0 fully saturated rings. The molecule has 0 bridgehead atoms. The highest BCUT2D eigenvalue weighted by atomic mass is 35.5. The number of halogens is 1. The molecule has 1 heterocycles. The summed E-state index contributed by atoms with van der Waals surface area (Å²) >= 11 is 6.43. The van der Waals surface area contributed by atoms with E-state index in [4.69, 9.17) is 20.8 Å². The molecule has 0 unspecified atom stereocenters. The van der Waals surface area contributed by atoms with Gasteiger partial charge in [0.15, 0.2) is 0 Å². The van der Waals surface area contributed by atoms with Crippen molar-refractivity contribution in [2.24, 2.45) is 0 Å². The Balaban J connectivity index is 2.37. The maximum Gasteiger partial charge on any atom is 0.142 e. The molecule has 1 aromatic heterocycles. The van der Waals surface area contributed by atoms with E-state index in [2.05, 4.69) is 52.5 Å². The van der Waals surface area contributed by atoms with E-state index >= 15 is 0 Å². The Morgan fingerprint density at radius 2 is 1.58 bits per heavy atom. The van der Waals surface area contributed by atoms with Crippen LogP contribution in [0.1, 0.15) is 40.2 Å². The molecule has 1 N–H and O–H groups in total. The largest absolute Gasteiger partial charge is 0.488 e. The Morgan fingerprint density at radius 1 is 0.939 bits per heavy atom. The summed E-state index contributed by atoms with van der Waals surface area (Å²) in [4.78, 5) is 0. The molecule has 174 valence electrons. The fraction of sp³-hybridized carbons (Fsp3) is 0.357. The van der Waals surface area contributed by atoms with Gasteiger partial charge in [0.1, 0.15) is 22.5 Å². The van der Waals surface area contributed by atoms with Crippen molar-refractivity contribution in [1.82, 2.24) is 0 Å². The third kappa shape index (κ3) is 4.44. The summed E-state index contributed by atoms with van der Waals surface area (Å²) in [5.74, 6) is 0.833. The molecule has 3 nitrogen and oxygen atoms in total. The molecule has 0 aliphatic heterocycles. The number of benzene rings is 3. The zero-order valence-electron chi connectivity index (χ0n) is 20.8. The summed E-state index contributed by atoms with van der Waals surface area (Å²) in [5, 5.41) is 15.3. The van der Waals surface area contributed by atoms with Crippen LogP contribution < -0.4 is 9.92 Å². The topological polar surface area (TPSA) is 42.6 Å². The molecule has 0 saturated carbocycles. The van der Waals surface area contributed by atoms with Gasteiger partial charge in [-0.1, -0.05) is 61.6 Å². The molecular weight excluding hydrogens is 448 g/mol. The highest BCUT2D eigenvalue weighted by Crippen LogP contribution is 2.47. The predicted molar refractivity (Wildman–Crippen MR) is 143 cm³/mol. The van der Waals surface area contributed by atoms with Crippen LogP contribution in [-0.2, 0) is 5.60 Å². The Morgan fingerprint density at radius 3 is 2.12 bits per heavy atom. The van der Waals surface area contributed by atoms with Crippen LogP contribution >= 0.6 is 11.6 Å². The van der Waals surface area contributed by atoms with E-state index in [1.165, 1.54) is 5.19 Å². The van der Waals surface area contributed by atoms with Crippen LogP contribution in [0, 0.1) is 0 Å². The van der Waals surface area contributed by atoms with Crippen LogP contribution in [-0.4, -0.2) is 18.8 Å². The lowest BCUT2D eigenvalue weighted by Crippen LogP contribution is -2.42. The molecule has 4 aromatic rings. The lowest BCUT2D eigenvalue weighted by Gasteiger charge is -2.33. The molecule has 0 aliphatic carbocycles. The van der Waals surface area contributed by atoms with Crippen LogP contribution in [0.15, 0.2) is 52.9 Å². The Hall–Kier alpha value is -2.27. The summed E-state index contributed by atoms with van der Waals surface area (Å²) in [6.45, 7) is 16.8. The van der Waals surface area contributed by atoms with Gasteiger partial charge in [-0.2, -0.15) is 0 Å². The monoisotopic (exact) mass is 480 g/mol. The summed E-state index contributed by atoms with van der Waals surface area (Å²) in [6, 6.07) is 15.9. The molecule has 0 amide bonds.